The average Bonchev–Trinajstić information content (AvgIpc) is 3.26. The van der Waals surface area contributed by atoms with Gasteiger partial charge in [0.2, 0.25) is 0 Å². The lowest BCUT2D eigenvalue weighted by Gasteiger charge is -2.43. The van der Waals surface area contributed by atoms with E-state index in [9.17, 15) is 0 Å². The summed E-state index contributed by atoms with van der Waals surface area (Å²) < 4.78 is 22.1. The monoisotopic (exact) mass is 526 g/mol. The van der Waals surface area contributed by atoms with Crippen LogP contribution in [0, 0.1) is 5.41 Å². The van der Waals surface area contributed by atoms with E-state index < -0.39 is 16.6 Å². The van der Waals surface area contributed by atoms with Gasteiger partial charge < -0.3 is 13.6 Å². The molecule has 34 heavy (non-hydrogen) atoms. The van der Waals surface area contributed by atoms with Crippen LogP contribution in [0.1, 0.15) is 61.1 Å². The topological polar surface area (TPSA) is 71.3 Å². The highest BCUT2D eigenvalue weighted by atomic mass is 35.5. The van der Waals surface area contributed by atoms with Crippen molar-refractivity contribution in [1.82, 2.24) is 19.5 Å². The minimum atomic E-state index is -1.96. The largest absolute Gasteiger partial charge is 0.416 e. The Morgan fingerprint density at radius 3 is 2.03 bits per heavy atom. The van der Waals surface area contributed by atoms with Crippen LogP contribution in [-0.4, -0.2) is 55.5 Å². The van der Waals surface area contributed by atoms with Crippen molar-refractivity contribution in [2.75, 3.05) is 13.2 Å². The quantitative estimate of drug-likeness (QED) is 0.291. The molecule has 2 aromatic heterocycles. The van der Waals surface area contributed by atoms with Gasteiger partial charge in [0.15, 0.2) is 27.4 Å². The molecule has 10 heteroatoms. The van der Waals surface area contributed by atoms with E-state index in [1.165, 1.54) is 6.33 Å². The summed E-state index contributed by atoms with van der Waals surface area (Å²) in [5.74, 6) is 0. The fourth-order valence-electron chi connectivity index (χ4n) is 3.62. The molecule has 1 fully saturated rings. The van der Waals surface area contributed by atoms with Crippen LogP contribution in [-0.2, 0) is 13.6 Å². The molecule has 3 heterocycles. The summed E-state index contributed by atoms with van der Waals surface area (Å²) in [5, 5.41) is 0.610. The zero-order valence-corrected chi connectivity index (χ0v) is 25.6. The van der Waals surface area contributed by atoms with Crippen molar-refractivity contribution in [3.63, 3.8) is 0 Å². The van der Waals surface area contributed by atoms with Crippen molar-refractivity contribution in [2.45, 2.75) is 103 Å². The molecule has 0 N–H and O–H groups in total. The van der Waals surface area contributed by atoms with Gasteiger partial charge in [0.05, 0.1) is 12.4 Å². The van der Waals surface area contributed by atoms with Gasteiger partial charge in [-0.2, -0.15) is 0 Å². The predicted octanol–water partition coefficient (Wildman–Crippen LogP) is 6.82. The van der Waals surface area contributed by atoms with Crippen molar-refractivity contribution in [3.8, 4) is 0 Å². The lowest BCUT2D eigenvalue weighted by atomic mass is 9.83. The molecule has 2 atom stereocenters. The number of imidazole rings is 1. The second kappa shape index (κ2) is 9.23. The van der Waals surface area contributed by atoms with Crippen molar-refractivity contribution >= 4 is 39.4 Å². The van der Waals surface area contributed by atoms with E-state index in [1.54, 1.807) is 6.33 Å². The van der Waals surface area contributed by atoms with Crippen molar-refractivity contribution in [1.29, 1.82) is 0 Å². The van der Waals surface area contributed by atoms with Crippen molar-refractivity contribution in [2.24, 2.45) is 5.41 Å². The highest BCUT2D eigenvalue weighted by molar-refractivity contribution is 6.74. The first-order valence-electron chi connectivity index (χ1n) is 12.2. The van der Waals surface area contributed by atoms with E-state index in [1.807, 2.05) is 4.57 Å². The van der Waals surface area contributed by atoms with E-state index in [2.05, 4.69) is 89.6 Å². The standard InChI is InChI=1S/C24H43ClN4O3Si2/c1-17-24(13-30-33(8,9)22(2,3)4,14-31-34(10,11)23(5,6)7)12-18(32-17)29-16-28-19-20(25)26-15-27-21(19)29/h15-18H,12-14H2,1-11H3/t17-,18-/m0/s1. The third kappa shape index (κ3) is 5.29. The maximum Gasteiger partial charge on any atom is 0.192 e. The van der Waals surface area contributed by atoms with Crippen LogP contribution in [0.15, 0.2) is 12.7 Å². The lowest BCUT2D eigenvalue weighted by Crippen LogP contribution is -2.50. The SMILES string of the molecule is C[C@@H]1O[C@H](n2cnc3c(Cl)ncnc32)CC1(CO[Si](C)(C)C(C)(C)C)CO[Si](C)(C)C(C)(C)C. The second-order valence-corrected chi connectivity index (χ2v) is 22.9. The van der Waals surface area contributed by atoms with Gasteiger partial charge >= 0.3 is 0 Å². The Morgan fingerprint density at radius 1 is 1.00 bits per heavy atom. The first-order valence-corrected chi connectivity index (χ1v) is 18.4. The summed E-state index contributed by atoms with van der Waals surface area (Å²) in [4.78, 5) is 12.9. The molecule has 1 aliphatic heterocycles. The molecule has 0 aromatic carbocycles. The maximum atomic E-state index is 6.80. The number of halogens is 1. The van der Waals surface area contributed by atoms with Crippen LogP contribution in [0.3, 0.4) is 0 Å². The minimum Gasteiger partial charge on any atom is -0.416 e. The first-order chi connectivity index (χ1) is 15.4. The minimum absolute atomic E-state index is 0.0539. The molecule has 3 rings (SSSR count). The van der Waals surface area contributed by atoms with Gasteiger partial charge in [-0.15, -0.1) is 0 Å². The third-order valence-corrected chi connectivity index (χ3v) is 17.7. The fourth-order valence-corrected chi connectivity index (χ4v) is 5.95. The molecule has 0 saturated carbocycles. The fraction of sp³-hybridized carbons (Fsp3) is 0.792. The summed E-state index contributed by atoms with van der Waals surface area (Å²) >= 11 is 6.25. The predicted molar refractivity (Wildman–Crippen MR) is 143 cm³/mol. The van der Waals surface area contributed by atoms with Gasteiger partial charge in [-0.3, -0.25) is 4.57 Å². The van der Waals surface area contributed by atoms with Gasteiger partial charge in [0, 0.05) is 25.0 Å². The molecule has 7 nitrogen and oxygen atoms in total. The summed E-state index contributed by atoms with van der Waals surface area (Å²) in [6.07, 6.45) is 3.70. The highest BCUT2D eigenvalue weighted by Crippen LogP contribution is 2.48. The Labute approximate surface area is 212 Å². The Bertz CT molecular complexity index is 984. The van der Waals surface area contributed by atoms with E-state index in [0.29, 0.717) is 29.5 Å². The average molecular weight is 527 g/mol. The molecule has 0 amide bonds. The first kappa shape index (κ1) is 27.7. The van der Waals surface area contributed by atoms with Gasteiger partial charge in [-0.05, 0) is 43.2 Å². The summed E-state index contributed by atoms with van der Waals surface area (Å²) in [7, 11) is -3.91. The third-order valence-electron chi connectivity index (χ3n) is 8.48. The molecule has 192 valence electrons. The van der Waals surface area contributed by atoms with Crippen LogP contribution >= 0.6 is 11.6 Å². The number of rotatable bonds is 7. The van der Waals surface area contributed by atoms with Crippen LogP contribution in [0.4, 0.5) is 0 Å². The van der Waals surface area contributed by atoms with E-state index >= 15 is 0 Å². The molecule has 0 bridgehead atoms. The van der Waals surface area contributed by atoms with Crippen LogP contribution < -0.4 is 0 Å². The Hall–Kier alpha value is -0.846. The number of aromatic nitrogens is 4. The Kier molecular flexibility index (Phi) is 7.53. The molecule has 0 aliphatic carbocycles. The number of fused-ring (bicyclic) bond motifs is 1. The second-order valence-electron chi connectivity index (χ2n) is 12.9. The Balaban J connectivity index is 1.93. The summed E-state index contributed by atoms with van der Waals surface area (Å²) in [6.45, 7) is 26.2. The van der Waals surface area contributed by atoms with Gasteiger partial charge in [0.25, 0.3) is 0 Å². The molecule has 0 radical (unpaired) electrons. The van der Waals surface area contributed by atoms with Gasteiger partial charge in [-0.1, -0.05) is 53.1 Å². The molecular weight excluding hydrogens is 484 g/mol. The van der Waals surface area contributed by atoms with E-state index in [0.717, 1.165) is 6.42 Å². The number of nitrogens with zero attached hydrogens (tertiary/aromatic N) is 4. The molecule has 0 unspecified atom stereocenters. The lowest BCUT2D eigenvalue weighted by molar-refractivity contribution is -0.0310. The molecule has 2 aromatic rings. The number of hydrogen-bond donors (Lipinski definition) is 0. The summed E-state index contributed by atoms with van der Waals surface area (Å²) in [5.41, 5.74) is 1.000. The molecule has 0 spiro atoms. The van der Waals surface area contributed by atoms with Crippen LogP contribution in [0.25, 0.3) is 11.2 Å². The smallest absolute Gasteiger partial charge is 0.192 e. The Morgan fingerprint density at radius 2 is 1.53 bits per heavy atom. The van der Waals surface area contributed by atoms with Crippen molar-refractivity contribution < 1.29 is 13.6 Å². The van der Waals surface area contributed by atoms with E-state index in [4.69, 9.17) is 25.2 Å². The zero-order chi connectivity index (χ0) is 25.7. The number of ether oxygens (including phenoxy) is 1. The van der Waals surface area contributed by atoms with Crippen LogP contribution in [0.2, 0.25) is 41.4 Å². The maximum absolute atomic E-state index is 6.80. The van der Waals surface area contributed by atoms with Crippen molar-refractivity contribution in [3.05, 3.63) is 17.8 Å². The molecule has 1 saturated heterocycles. The normalized spacial score (nSPS) is 22.0. The molecule has 1 aliphatic rings. The summed E-state index contributed by atoms with van der Waals surface area (Å²) in [6, 6.07) is 0. The van der Waals surface area contributed by atoms with Gasteiger partial charge in [0.1, 0.15) is 18.1 Å². The zero-order valence-electron chi connectivity index (χ0n) is 22.8. The van der Waals surface area contributed by atoms with Gasteiger partial charge in [-0.25, -0.2) is 15.0 Å². The van der Waals surface area contributed by atoms with E-state index in [-0.39, 0.29) is 27.8 Å². The van der Waals surface area contributed by atoms with Crippen LogP contribution in [0.5, 0.6) is 0 Å². The molecular formula is C24H43ClN4O3Si2. The number of hydrogen-bond acceptors (Lipinski definition) is 6. The highest BCUT2D eigenvalue weighted by Gasteiger charge is 2.51.